The number of hydrogen-bond donors (Lipinski definition) is 2. The third kappa shape index (κ3) is 8.00. The van der Waals surface area contributed by atoms with E-state index in [0.717, 1.165) is 36.8 Å². The number of aliphatic hydroxyl groups is 2. The Morgan fingerprint density at radius 3 is 2.54 bits per heavy atom. The minimum Gasteiger partial charge on any atom is -0.726 e. The molecule has 3 saturated carbocycles. The van der Waals surface area contributed by atoms with Crippen molar-refractivity contribution in [2.45, 2.75) is 110 Å². The molecule has 0 heterocycles. The van der Waals surface area contributed by atoms with Crippen molar-refractivity contribution in [3.05, 3.63) is 35.5 Å². The van der Waals surface area contributed by atoms with Crippen LogP contribution in [0.15, 0.2) is 35.5 Å². The molecule has 0 saturated heterocycles. The molecule has 0 aromatic carbocycles. The Balaban J connectivity index is 0.00000432. The Morgan fingerprint density at radius 2 is 1.91 bits per heavy atom. The normalized spacial score (nSPS) is 33.9. The Hall–Kier alpha value is 0.01000. The summed E-state index contributed by atoms with van der Waals surface area (Å²) in [5.41, 5.74) is 2.58. The van der Waals surface area contributed by atoms with Crippen LogP contribution in [0.3, 0.4) is 0 Å². The van der Waals surface area contributed by atoms with Crippen molar-refractivity contribution in [2.24, 2.45) is 23.2 Å². The van der Waals surface area contributed by atoms with Crippen LogP contribution in [-0.4, -0.2) is 41.0 Å². The van der Waals surface area contributed by atoms with E-state index in [9.17, 15) is 23.2 Å². The second-order valence-corrected chi connectivity index (χ2v) is 12.7. The summed E-state index contributed by atoms with van der Waals surface area (Å²) >= 11 is 0. The van der Waals surface area contributed by atoms with Gasteiger partial charge in [0.1, 0.15) is 0 Å². The largest absolute Gasteiger partial charge is 1.00 e. The quantitative estimate of drug-likeness (QED) is 0.290. The molecule has 0 bridgehead atoms. The predicted octanol–water partition coefficient (Wildman–Crippen LogP) is 2.19. The third-order valence-electron chi connectivity index (χ3n) is 8.86. The summed E-state index contributed by atoms with van der Waals surface area (Å²) in [5.74, 6) is 1.60. The first-order chi connectivity index (χ1) is 15.7. The molecule has 8 heteroatoms. The Morgan fingerprint density at radius 1 is 1.23 bits per heavy atom. The summed E-state index contributed by atoms with van der Waals surface area (Å²) in [6.45, 7) is 12.2. The average Bonchev–Trinajstić information content (AvgIpc) is 3.08. The maximum absolute atomic E-state index is 11.0. The van der Waals surface area contributed by atoms with E-state index in [1.807, 2.05) is 0 Å². The Kier molecular flexibility index (Phi) is 10.9. The van der Waals surface area contributed by atoms with Gasteiger partial charge in [-0.05, 0) is 100 Å². The van der Waals surface area contributed by atoms with Gasteiger partial charge in [0, 0.05) is 6.42 Å². The summed E-state index contributed by atoms with van der Waals surface area (Å²) in [6, 6.07) is 0. The fraction of sp³-hybridized carbons (Fsp3) is 0.778. The molecule has 194 valence electrons. The average molecular weight is 519 g/mol. The summed E-state index contributed by atoms with van der Waals surface area (Å²) in [6.07, 6.45) is 11.8. The van der Waals surface area contributed by atoms with E-state index in [0.29, 0.717) is 43.4 Å². The standard InChI is InChI=1S/C27H44O6S.Na/c1-18-8-12-22(33-34(30,31)32)17-21(18)11-10-20-7-6-16-27(5)23(13-14-24(20)27)19(2)9-15-25(28)26(3,4)29;/h10-11,19,22-25,28-29H,1,6-9,12-17H2,2-5H3,(H,30,31,32);/q;+1/p-1/b20-10+,21-11-;/t19-,22+,23-,24+,25-,27-;/m1./s1. The van der Waals surface area contributed by atoms with Crippen LogP contribution in [0.1, 0.15) is 91.9 Å². The first kappa shape index (κ1) is 31.2. The van der Waals surface area contributed by atoms with Crippen LogP contribution in [0, 0.1) is 23.2 Å². The summed E-state index contributed by atoms with van der Waals surface area (Å²) in [5, 5.41) is 20.4. The van der Waals surface area contributed by atoms with Crippen LogP contribution in [0.25, 0.3) is 0 Å². The third-order valence-corrected chi connectivity index (χ3v) is 9.37. The van der Waals surface area contributed by atoms with Crippen LogP contribution < -0.4 is 29.6 Å². The number of fused-ring (bicyclic) bond motifs is 1. The van der Waals surface area contributed by atoms with Crippen LogP contribution in [0.2, 0.25) is 0 Å². The second kappa shape index (κ2) is 12.2. The van der Waals surface area contributed by atoms with Crippen LogP contribution in [-0.2, 0) is 14.6 Å². The molecule has 0 aromatic heterocycles. The van der Waals surface area contributed by atoms with Crippen molar-refractivity contribution < 1.29 is 56.9 Å². The van der Waals surface area contributed by atoms with Gasteiger partial charge < -0.3 is 14.8 Å². The molecular weight excluding hydrogens is 475 g/mol. The molecule has 35 heavy (non-hydrogen) atoms. The zero-order valence-corrected chi connectivity index (χ0v) is 25.1. The second-order valence-electron chi connectivity index (χ2n) is 11.7. The van der Waals surface area contributed by atoms with Crippen LogP contribution in [0.4, 0.5) is 0 Å². The van der Waals surface area contributed by atoms with Crippen molar-refractivity contribution >= 4 is 10.4 Å². The SMILES string of the molecule is C=C1CC[C@H](OS(=O)(=O)[O-])C/C1=C/C=C1\CCC[C@]2(C)[C@@H]([C@H](C)CC[C@@H](O)C(C)(C)O)CC[C@@H]12.[Na+]. The first-order valence-electron chi connectivity index (χ1n) is 12.8. The molecular formula is C27H43NaO6S. The van der Waals surface area contributed by atoms with Gasteiger partial charge >= 0.3 is 29.6 Å². The molecule has 6 nitrogen and oxygen atoms in total. The van der Waals surface area contributed by atoms with Gasteiger partial charge in [0.2, 0.25) is 10.4 Å². The van der Waals surface area contributed by atoms with Crippen LogP contribution >= 0.6 is 0 Å². The zero-order chi connectivity index (χ0) is 25.3. The molecule has 0 unspecified atom stereocenters. The zero-order valence-electron chi connectivity index (χ0n) is 22.3. The summed E-state index contributed by atoms with van der Waals surface area (Å²) < 4.78 is 37.8. The maximum Gasteiger partial charge on any atom is 1.00 e. The van der Waals surface area contributed by atoms with Crippen molar-refractivity contribution in [3.63, 3.8) is 0 Å². The molecule has 0 aliphatic heterocycles. The van der Waals surface area contributed by atoms with E-state index >= 15 is 0 Å². The molecule has 0 amide bonds. The molecule has 3 rings (SSSR count). The minimum atomic E-state index is -4.70. The van der Waals surface area contributed by atoms with E-state index in [-0.39, 0.29) is 35.0 Å². The molecule has 0 spiro atoms. The van der Waals surface area contributed by atoms with Gasteiger partial charge in [-0.2, -0.15) is 0 Å². The van der Waals surface area contributed by atoms with Gasteiger partial charge in [0.05, 0.1) is 17.8 Å². The van der Waals surface area contributed by atoms with Crippen molar-refractivity contribution in [1.82, 2.24) is 0 Å². The van der Waals surface area contributed by atoms with Crippen molar-refractivity contribution in [2.75, 3.05) is 0 Å². The van der Waals surface area contributed by atoms with E-state index in [2.05, 4.69) is 32.6 Å². The molecule has 3 aliphatic carbocycles. The van der Waals surface area contributed by atoms with E-state index < -0.39 is 28.2 Å². The first-order valence-corrected chi connectivity index (χ1v) is 14.2. The molecule has 2 N–H and O–H groups in total. The minimum absolute atomic E-state index is 0. The number of allylic oxidation sites excluding steroid dienone is 4. The molecule has 0 radical (unpaired) electrons. The predicted molar refractivity (Wildman–Crippen MR) is 133 cm³/mol. The van der Waals surface area contributed by atoms with Gasteiger partial charge in [-0.1, -0.05) is 43.7 Å². The fourth-order valence-electron chi connectivity index (χ4n) is 6.82. The molecule has 3 fully saturated rings. The maximum atomic E-state index is 11.0. The van der Waals surface area contributed by atoms with Gasteiger partial charge in [0.25, 0.3) is 0 Å². The Bertz CT molecular complexity index is 918. The molecule has 0 aromatic rings. The number of aliphatic hydroxyl groups excluding tert-OH is 1. The van der Waals surface area contributed by atoms with E-state index in [4.69, 9.17) is 4.18 Å². The summed E-state index contributed by atoms with van der Waals surface area (Å²) in [4.78, 5) is 0. The molecule has 6 atom stereocenters. The monoisotopic (exact) mass is 518 g/mol. The van der Waals surface area contributed by atoms with Crippen molar-refractivity contribution in [3.8, 4) is 0 Å². The van der Waals surface area contributed by atoms with Crippen molar-refractivity contribution in [1.29, 1.82) is 0 Å². The van der Waals surface area contributed by atoms with Crippen LogP contribution in [0.5, 0.6) is 0 Å². The van der Waals surface area contributed by atoms with Gasteiger partial charge in [-0.15, -0.1) is 0 Å². The van der Waals surface area contributed by atoms with E-state index in [1.54, 1.807) is 13.8 Å². The van der Waals surface area contributed by atoms with Gasteiger partial charge in [0.15, 0.2) is 0 Å². The smallest absolute Gasteiger partial charge is 0.726 e. The summed E-state index contributed by atoms with van der Waals surface area (Å²) in [7, 11) is -4.70. The fourth-order valence-corrected chi connectivity index (χ4v) is 7.32. The van der Waals surface area contributed by atoms with Gasteiger partial charge in [-0.25, -0.2) is 8.42 Å². The van der Waals surface area contributed by atoms with E-state index in [1.165, 1.54) is 18.4 Å². The number of rotatable bonds is 8. The van der Waals surface area contributed by atoms with Gasteiger partial charge in [-0.3, -0.25) is 4.18 Å². The molecule has 3 aliphatic rings. The number of hydrogen-bond acceptors (Lipinski definition) is 6. The topological polar surface area (TPSA) is 107 Å². The Labute approximate surface area is 234 Å².